The van der Waals surface area contributed by atoms with Gasteiger partial charge in [0.25, 0.3) is 0 Å². The number of alkyl halides is 3. The Morgan fingerprint density at radius 1 is 1.16 bits per heavy atom. The van der Waals surface area contributed by atoms with E-state index in [0.717, 1.165) is 5.56 Å². The van der Waals surface area contributed by atoms with Gasteiger partial charge in [0.2, 0.25) is 0 Å². The summed E-state index contributed by atoms with van der Waals surface area (Å²) >= 11 is 0. The smallest absolute Gasteiger partial charge is 0.382 e. The molecule has 19 heavy (non-hydrogen) atoms. The van der Waals surface area contributed by atoms with Crippen LogP contribution in [0, 0.1) is 0 Å². The summed E-state index contributed by atoms with van der Waals surface area (Å²) in [4.78, 5) is 0. The van der Waals surface area contributed by atoms with Gasteiger partial charge in [-0.1, -0.05) is 49.1 Å². The summed E-state index contributed by atoms with van der Waals surface area (Å²) in [5, 5.41) is 12.8. The first-order valence-corrected chi connectivity index (χ1v) is 9.65. The number of benzene rings is 1. The van der Waals surface area contributed by atoms with Crippen molar-refractivity contribution in [2.75, 3.05) is 6.54 Å². The van der Waals surface area contributed by atoms with E-state index < -0.39 is 26.9 Å². The van der Waals surface area contributed by atoms with E-state index in [4.69, 9.17) is 5.11 Å². The predicted octanol–water partition coefficient (Wildman–Crippen LogP) is 2.24. The summed E-state index contributed by atoms with van der Waals surface area (Å²) in [6, 6.07) is 7.90. The highest BCUT2D eigenvalue weighted by atomic mass is 28.3. The molecule has 0 fully saturated rings. The van der Waals surface area contributed by atoms with Crippen molar-refractivity contribution in [3.8, 4) is 0 Å². The maximum atomic E-state index is 12.1. The highest BCUT2D eigenvalue weighted by molar-refractivity contribution is 6.88. The third kappa shape index (κ3) is 5.34. The summed E-state index contributed by atoms with van der Waals surface area (Å²) in [6.07, 6.45) is -6.87. The Hall–Kier alpha value is -0.853. The highest BCUT2D eigenvalue weighted by Crippen LogP contribution is 2.19. The van der Waals surface area contributed by atoms with Crippen LogP contribution in [0.1, 0.15) is 5.56 Å². The van der Waals surface area contributed by atoms with Crippen molar-refractivity contribution in [1.29, 1.82) is 0 Å². The van der Waals surface area contributed by atoms with Gasteiger partial charge >= 0.3 is 6.18 Å². The average Bonchev–Trinajstić information content (AvgIpc) is 2.27. The Morgan fingerprint density at radius 2 is 1.68 bits per heavy atom. The quantitative estimate of drug-likeness (QED) is 0.816. The second-order valence-electron chi connectivity index (χ2n) is 5.64. The number of rotatable bonds is 5. The Labute approximate surface area is 112 Å². The minimum absolute atomic E-state index is 0.319. The minimum Gasteiger partial charge on any atom is -0.382 e. The lowest BCUT2D eigenvalue weighted by Crippen LogP contribution is -2.38. The van der Waals surface area contributed by atoms with E-state index in [1.54, 1.807) is 0 Å². The Morgan fingerprint density at radius 3 is 2.11 bits per heavy atom. The van der Waals surface area contributed by atoms with Crippen LogP contribution in [-0.2, 0) is 6.54 Å². The number of nitrogens with one attached hydrogen (secondary N) is 1. The Kier molecular flexibility index (Phi) is 5.17. The van der Waals surface area contributed by atoms with Gasteiger partial charge in [0.1, 0.15) is 0 Å². The second-order valence-corrected chi connectivity index (χ2v) is 10.7. The fourth-order valence-electron chi connectivity index (χ4n) is 1.59. The normalized spacial score (nSPS) is 14.5. The number of hydrogen-bond acceptors (Lipinski definition) is 2. The van der Waals surface area contributed by atoms with Gasteiger partial charge in [-0.25, -0.2) is 0 Å². The molecule has 2 N–H and O–H groups in total. The third-order valence-electron chi connectivity index (χ3n) is 2.86. The first-order valence-electron chi connectivity index (χ1n) is 6.15. The number of hydrogen-bond donors (Lipinski definition) is 2. The lowest BCUT2D eigenvalue weighted by molar-refractivity contribution is -0.201. The summed E-state index contributed by atoms with van der Waals surface area (Å²) in [7, 11) is -1.34. The fourth-order valence-corrected chi connectivity index (χ4v) is 2.76. The van der Waals surface area contributed by atoms with Gasteiger partial charge in [-0.3, -0.25) is 0 Å². The Bertz CT molecular complexity index is 398. The SMILES string of the molecule is C[Si](C)(C)c1ccc(CNCC(O)C(F)(F)F)cc1. The van der Waals surface area contributed by atoms with Crippen LogP contribution in [0.3, 0.4) is 0 Å². The highest BCUT2D eigenvalue weighted by Gasteiger charge is 2.37. The number of halogens is 3. The molecule has 0 bridgehead atoms. The Balaban J connectivity index is 2.47. The van der Waals surface area contributed by atoms with Crippen molar-refractivity contribution in [1.82, 2.24) is 5.32 Å². The molecule has 1 atom stereocenters. The van der Waals surface area contributed by atoms with E-state index in [1.165, 1.54) is 5.19 Å². The molecule has 1 rings (SSSR count). The topological polar surface area (TPSA) is 32.3 Å². The van der Waals surface area contributed by atoms with Crippen molar-refractivity contribution in [2.45, 2.75) is 38.5 Å². The van der Waals surface area contributed by atoms with Gasteiger partial charge in [0, 0.05) is 13.1 Å². The lowest BCUT2D eigenvalue weighted by Gasteiger charge is -2.17. The molecule has 0 aliphatic carbocycles. The van der Waals surface area contributed by atoms with Crippen molar-refractivity contribution in [3.63, 3.8) is 0 Å². The van der Waals surface area contributed by atoms with Gasteiger partial charge in [-0.2, -0.15) is 13.2 Å². The molecule has 1 aromatic carbocycles. The summed E-state index contributed by atoms with van der Waals surface area (Å²) in [6.45, 7) is 6.54. The van der Waals surface area contributed by atoms with Crippen molar-refractivity contribution < 1.29 is 18.3 Å². The molecule has 0 heterocycles. The van der Waals surface area contributed by atoms with E-state index in [0.29, 0.717) is 6.54 Å². The van der Waals surface area contributed by atoms with Crippen molar-refractivity contribution in [3.05, 3.63) is 29.8 Å². The molecule has 6 heteroatoms. The maximum absolute atomic E-state index is 12.1. The van der Waals surface area contributed by atoms with E-state index in [2.05, 4.69) is 25.0 Å². The van der Waals surface area contributed by atoms with Crippen LogP contribution in [0.15, 0.2) is 24.3 Å². The molecule has 0 aromatic heterocycles. The zero-order valence-electron chi connectivity index (χ0n) is 11.4. The van der Waals surface area contributed by atoms with E-state index in [1.807, 2.05) is 24.3 Å². The van der Waals surface area contributed by atoms with Crippen LogP contribution in [-0.4, -0.2) is 32.0 Å². The monoisotopic (exact) mass is 291 g/mol. The molecule has 1 aromatic rings. The zero-order valence-corrected chi connectivity index (χ0v) is 12.4. The summed E-state index contributed by atoms with van der Waals surface area (Å²) in [5.74, 6) is 0. The molecule has 1 unspecified atom stereocenters. The van der Waals surface area contributed by atoms with Crippen LogP contribution in [0.25, 0.3) is 0 Å². The van der Waals surface area contributed by atoms with Gasteiger partial charge in [-0.15, -0.1) is 0 Å². The van der Waals surface area contributed by atoms with Crippen LogP contribution in [0.5, 0.6) is 0 Å². The van der Waals surface area contributed by atoms with E-state index in [-0.39, 0.29) is 0 Å². The molecule has 2 nitrogen and oxygen atoms in total. The van der Waals surface area contributed by atoms with Gasteiger partial charge in [0.05, 0.1) is 8.07 Å². The van der Waals surface area contributed by atoms with Crippen LogP contribution in [0.4, 0.5) is 13.2 Å². The van der Waals surface area contributed by atoms with E-state index in [9.17, 15) is 13.2 Å². The molecule has 0 radical (unpaired) electrons. The van der Waals surface area contributed by atoms with Crippen molar-refractivity contribution >= 4 is 13.3 Å². The maximum Gasteiger partial charge on any atom is 0.415 e. The fraction of sp³-hybridized carbons (Fsp3) is 0.538. The molecule has 0 amide bonds. The number of aliphatic hydroxyl groups excluding tert-OH is 1. The predicted molar refractivity (Wildman–Crippen MR) is 73.2 cm³/mol. The largest absolute Gasteiger partial charge is 0.415 e. The molecule has 0 saturated heterocycles. The van der Waals surface area contributed by atoms with Crippen LogP contribution in [0.2, 0.25) is 19.6 Å². The first kappa shape index (κ1) is 16.2. The molecule has 108 valence electrons. The lowest BCUT2D eigenvalue weighted by atomic mass is 10.2. The van der Waals surface area contributed by atoms with Gasteiger partial charge in [-0.05, 0) is 5.56 Å². The molecule has 0 saturated carbocycles. The molecule has 0 aliphatic heterocycles. The summed E-state index contributed by atoms with van der Waals surface area (Å²) < 4.78 is 36.2. The average molecular weight is 291 g/mol. The van der Waals surface area contributed by atoms with Gasteiger partial charge < -0.3 is 10.4 Å². The molecule has 0 spiro atoms. The molecular weight excluding hydrogens is 271 g/mol. The van der Waals surface area contributed by atoms with E-state index >= 15 is 0 Å². The van der Waals surface area contributed by atoms with Crippen LogP contribution >= 0.6 is 0 Å². The summed E-state index contributed by atoms with van der Waals surface area (Å²) in [5.41, 5.74) is 0.913. The number of aliphatic hydroxyl groups is 1. The molecule has 0 aliphatic rings. The third-order valence-corrected chi connectivity index (χ3v) is 4.93. The van der Waals surface area contributed by atoms with Gasteiger partial charge in [0.15, 0.2) is 6.10 Å². The molecular formula is C13H20F3NOSi. The minimum atomic E-state index is -4.56. The van der Waals surface area contributed by atoms with Crippen molar-refractivity contribution in [2.24, 2.45) is 0 Å². The standard InChI is InChI=1S/C13H20F3NOSi/c1-19(2,3)11-6-4-10(5-7-11)8-17-9-12(18)13(14,15)16/h4-7,12,17-18H,8-9H2,1-3H3. The zero-order chi connectivity index (χ0) is 14.7. The van der Waals surface area contributed by atoms with Crippen LogP contribution < -0.4 is 10.5 Å². The first-order chi connectivity index (χ1) is 8.60. The second kappa shape index (κ2) is 6.07.